The number of ether oxygens (including phenoxy) is 1. The van der Waals surface area contributed by atoms with Crippen molar-refractivity contribution in [3.8, 4) is 5.88 Å². The van der Waals surface area contributed by atoms with Gasteiger partial charge in [-0.25, -0.2) is 4.98 Å². The van der Waals surface area contributed by atoms with Crippen LogP contribution < -0.4 is 15.6 Å². The molecule has 0 aliphatic heterocycles. The number of aromatic amines is 1. The fourth-order valence-corrected chi connectivity index (χ4v) is 3.17. The lowest BCUT2D eigenvalue weighted by atomic mass is 9.89. The molecule has 0 unspecified atom stereocenters. The van der Waals surface area contributed by atoms with Gasteiger partial charge in [-0.05, 0) is 62.3 Å². The fraction of sp³-hybridized carbons (Fsp3) is 0.450. The molecule has 0 bridgehead atoms. The molecular formula is C20H25N3O3. The first kappa shape index (κ1) is 18.2. The van der Waals surface area contributed by atoms with Gasteiger partial charge in [0.05, 0.1) is 0 Å². The van der Waals surface area contributed by atoms with Crippen LogP contribution in [0.5, 0.6) is 5.88 Å². The van der Waals surface area contributed by atoms with Crippen molar-refractivity contribution in [3.05, 3.63) is 57.6 Å². The lowest BCUT2D eigenvalue weighted by Crippen LogP contribution is -2.29. The lowest BCUT2D eigenvalue weighted by Gasteiger charge is -2.26. The van der Waals surface area contributed by atoms with E-state index in [4.69, 9.17) is 4.74 Å². The molecule has 3 rings (SSSR count). The number of aromatic nitrogens is 2. The molecule has 0 aromatic carbocycles. The third-order valence-corrected chi connectivity index (χ3v) is 4.80. The highest BCUT2D eigenvalue weighted by Crippen LogP contribution is 2.26. The Morgan fingerprint density at radius 1 is 1.27 bits per heavy atom. The largest absolute Gasteiger partial charge is 0.474 e. The summed E-state index contributed by atoms with van der Waals surface area (Å²) < 4.78 is 5.99. The SMILES string of the molecule is Cc1ccc(C(=O)NCc2ccnc(OC3CCC(C)CC3)c2)c(=O)[nH]1. The Morgan fingerprint density at radius 2 is 2.04 bits per heavy atom. The third kappa shape index (κ3) is 4.71. The van der Waals surface area contributed by atoms with Crippen LogP contribution in [-0.2, 0) is 6.54 Å². The van der Waals surface area contributed by atoms with E-state index in [1.54, 1.807) is 19.2 Å². The van der Waals surface area contributed by atoms with E-state index < -0.39 is 5.91 Å². The smallest absolute Gasteiger partial charge is 0.260 e. The van der Waals surface area contributed by atoms with Gasteiger partial charge in [-0.15, -0.1) is 0 Å². The molecule has 1 amide bonds. The molecule has 1 saturated carbocycles. The molecular weight excluding hydrogens is 330 g/mol. The summed E-state index contributed by atoms with van der Waals surface area (Å²) in [7, 11) is 0. The molecule has 2 aromatic rings. The van der Waals surface area contributed by atoms with Gasteiger partial charge in [0, 0.05) is 24.5 Å². The average Bonchev–Trinajstić information content (AvgIpc) is 2.62. The van der Waals surface area contributed by atoms with E-state index in [0.717, 1.165) is 30.0 Å². The number of carbonyl (C=O) groups is 1. The van der Waals surface area contributed by atoms with Crippen LogP contribution in [0.25, 0.3) is 0 Å². The van der Waals surface area contributed by atoms with Crippen molar-refractivity contribution in [2.45, 2.75) is 52.2 Å². The Morgan fingerprint density at radius 3 is 2.77 bits per heavy atom. The van der Waals surface area contributed by atoms with E-state index in [1.807, 2.05) is 12.1 Å². The molecule has 6 nitrogen and oxygen atoms in total. The zero-order valence-corrected chi connectivity index (χ0v) is 15.2. The molecule has 1 fully saturated rings. The first-order valence-corrected chi connectivity index (χ1v) is 9.11. The van der Waals surface area contributed by atoms with Crippen molar-refractivity contribution in [3.63, 3.8) is 0 Å². The Balaban J connectivity index is 1.58. The molecule has 1 aliphatic carbocycles. The molecule has 2 N–H and O–H groups in total. The van der Waals surface area contributed by atoms with E-state index in [2.05, 4.69) is 22.2 Å². The highest BCUT2D eigenvalue weighted by Gasteiger charge is 2.20. The summed E-state index contributed by atoms with van der Waals surface area (Å²) in [6.45, 7) is 4.36. The molecule has 6 heteroatoms. The number of H-pyrrole nitrogens is 1. The van der Waals surface area contributed by atoms with Crippen LogP contribution in [0.15, 0.2) is 35.3 Å². The summed E-state index contributed by atoms with van der Waals surface area (Å²) in [5.41, 5.74) is 1.33. The van der Waals surface area contributed by atoms with Gasteiger partial charge in [0.2, 0.25) is 5.88 Å². The van der Waals surface area contributed by atoms with Gasteiger partial charge in [0.25, 0.3) is 11.5 Å². The maximum atomic E-state index is 12.2. The van der Waals surface area contributed by atoms with Crippen molar-refractivity contribution in [2.75, 3.05) is 0 Å². The summed E-state index contributed by atoms with van der Waals surface area (Å²) in [6, 6.07) is 6.92. The van der Waals surface area contributed by atoms with E-state index in [-0.39, 0.29) is 17.2 Å². The van der Waals surface area contributed by atoms with Crippen molar-refractivity contribution >= 4 is 5.91 Å². The van der Waals surface area contributed by atoms with E-state index in [0.29, 0.717) is 12.4 Å². The second-order valence-electron chi connectivity index (χ2n) is 7.07. The summed E-state index contributed by atoms with van der Waals surface area (Å²) in [5, 5.41) is 2.77. The minimum absolute atomic E-state index is 0.109. The number of amides is 1. The maximum Gasteiger partial charge on any atom is 0.260 e. The van der Waals surface area contributed by atoms with E-state index in [1.165, 1.54) is 18.9 Å². The second-order valence-corrected chi connectivity index (χ2v) is 7.07. The van der Waals surface area contributed by atoms with Gasteiger partial charge >= 0.3 is 0 Å². The van der Waals surface area contributed by atoms with Crippen LogP contribution in [-0.4, -0.2) is 22.0 Å². The standard InChI is InChI=1S/C20H25N3O3/c1-13-3-6-16(7-4-13)26-18-11-15(9-10-21-18)12-22-19(24)17-8-5-14(2)23-20(17)25/h5,8-11,13,16H,3-4,6-7,12H2,1-2H3,(H,22,24)(H,23,25). The van der Waals surface area contributed by atoms with Crippen LogP contribution in [0.2, 0.25) is 0 Å². The molecule has 0 radical (unpaired) electrons. The Bertz CT molecular complexity index is 823. The number of hydrogen-bond acceptors (Lipinski definition) is 4. The number of rotatable bonds is 5. The highest BCUT2D eigenvalue weighted by molar-refractivity contribution is 5.93. The summed E-state index contributed by atoms with van der Waals surface area (Å²) in [4.78, 5) is 31.0. The Hall–Kier alpha value is -2.63. The second kappa shape index (κ2) is 8.17. The molecule has 0 atom stereocenters. The first-order chi connectivity index (χ1) is 12.5. The lowest BCUT2D eigenvalue weighted by molar-refractivity contribution is 0.0949. The monoisotopic (exact) mass is 355 g/mol. The number of nitrogens with one attached hydrogen (secondary N) is 2. The van der Waals surface area contributed by atoms with Crippen molar-refractivity contribution in [2.24, 2.45) is 5.92 Å². The summed E-state index contributed by atoms with van der Waals surface area (Å²) in [6.07, 6.45) is 6.38. The van der Waals surface area contributed by atoms with Gasteiger partial charge < -0.3 is 15.0 Å². The number of aryl methyl sites for hydroxylation is 1. The molecule has 2 aromatic heterocycles. The van der Waals surface area contributed by atoms with Gasteiger partial charge in [-0.1, -0.05) is 6.92 Å². The molecule has 2 heterocycles. The molecule has 1 aliphatic rings. The van der Waals surface area contributed by atoms with Crippen molar-refractivity contribution < 1.29 is 9.53 Å². The van der Waals surface area contributed by atoms with Crippen LogP contribution >= 0.6 is 0 Å². The minimum Gasteiger partial charge on any atom is -0.474 e. The van der Waals surface area contributed by atoms with Gasteiger partial charge in [-0.3, -0.25) is 9.59 Å². The minimum atomic E-state index is -0.396. The predicted molar refractivity (Wildman–Crippen MR) is 99.3 cm³/mol. The van der Waals surface area contributed by atoms with Crippen molar-refractivity contribution in [1.29, 1.82) is 0 Å². The van der Waals surface area contributed by atoms with Crippen LogP contribution in [0, 0.1) is 12.8 Å². The van der Waals surface area contributed by atoms with Crippen molar-refractivity contribution in [1.82, 2.24) is 15.3 Å². The fourth-order valence-electron chi connectivity index (χ4n) is 3.17. The number of nitrogens with zero attached hydrogens (tertiary/aromatic N) is 1. The van der Waals surface area contributed by atoms with Gasteiger partial charge in [0.1, 0.15) is 11.7 Å². The van der Waals surface area contributed by atoms with Gasteiger partial charge in [-0.2, -0.15) is 0 Å². The van der Waals surface area contributed by atoms with Crippen LogP contribution in [0.3, 0.4) is 0 Å². The summed E-state index contributed by atoms with van der Waals surface area (Å²) >= 11 is 0. The zero-order chi connectivity index (χ0) is 18.5. The maximum absolute atomic E-state index is 12.2. The number of carbonyl (C=O) groups excluding carboxylic acids is 1. The average molecular weight is 355 g/mol. The summed E-state index contributed by atoms with van der Waals surface area (Å²) in [5.74, 6) is 0.963. The Kier molecular flexibility index (Phi) is 5.71. The topological polar surface area (TPSA) is 84.1 Å². The number of pyridine rings is 2. The first-order valence-electron chi connectivity index (χ1n) is 9.11. The third-order valence-electron chi connectivity index (χ3n) is 4.80. The van der Waals surface area contributed by atoms with Crippen LogP contribution in [0.1, 0.15) is 54.2 Å². The van der Waals surface area contributed by atoms with E-state index >= 15 is 0 Å². The number of hydrogen-bond donors (Lipinski definition) is 2. The molecule has 138 valence electrons. The zero-order valence-electron chi connectivity index (χ0n) is 15.2. The molecule has 26 heavy (non-hydrogen) atoms. The highest BCUT2D eigenvalue weighted by atomic mass is 16.5. The predicted octanol–water partition coefficient (Wildman–Crippen LogP) is 2.97. The van der Waals surface area contributed by atoms with Gasteiger partial charge in [0.15, 0.2) is 0 Å². The van der Waals surface area contributed by atoms with E-state index in [9.17, 15) is 9.59 Å². The Labute approximate surface area is 153 Å². The van der Waals surface area contributed by atoms with Crippen LogP contribution in [0.4, 0.5) is 0 Å². The molecule has 0 saturated heterocycles. The quantitative estimate of drug-likeness (QED) is 0.864. The molecule has 0 spiro atoms. The normalized spacial score (nSPS) is 19.8.